The summed E-state index contributed by atoms with van der Waals surface area (Å²) in [4.78, 5) is 14.5. The zero-order valence-corrected chi connectivity index (χ0v) is 14.7. The number of rotatable bonds is 7. The Balaban J connectivity index is 1.52. The lowest BCUT2D eigenvalue weighted by molar-refractivity contribution is -0.156. The molecule has 3 rings (SSSR count). The topological polar surface area (TPSA) is 70.4 Å². The molecule has 6 nitrogen and oxygen atoms in total. The number of nitrogens with one attached hydrogen (secondary N) is 1. The number of hydrogen-bond donors (Lipinski definition) is 2. The highest BCUT2D eigenvalue weighted by Crippen LogP contribution is 2.22. The van der Waals surface area contributed by atoms with Crippen LogP contribution in [0.2, 0.25) is 0 Å². The standard InChI is InChI=1S/C19H26N4O2/c1-22-14-17(13-21-22)12-20-15-19(25)9-5-10-23(18(19)24)11-8-16-6-3-2-4-7-16/h2-4,6-7,13-14,20,25H,5,8-12,15H2,1H3. The third-order valence-electron chi connectivity index (χ3n) is 4.72. The molecule has 0 aliphatic carbocycles. The predicted octanol–water partition coefficient (Wildman–Crippen LogP) is 1.11. The van der Waals surface area contributed by atoms with Crippen molar-refractivity contribution < 1.29 is 9.90 Å². The Morgan fingerprint density at radius 1 is 1.28 bits per heavy atom. The van der Waals surface area contributed by atoms with Crippen LogP contribution in [0.1, 0.15) is 24.0 Å². The summed E-state index contributed by atoms with van der Waals surface area (Å²) >= 11 is 0. The molecule has 2 N–H and O–H groups in total. The largest absolute Gasteiger partial charge is 0.379 e. The first-order chi connectivity index (χ1) is 12.1. The van der Waals surface area contributed by atoms with Crippen molar-refractivity contribution in [2.75, 3.05) is 19.6 Å². The Hall–Kier alpha value is -2.18. The normalized spacial score (nSPS) is 20.9. The molecule has 0 saturated carbocycles. The third-order valence-corrected chi connectivity index (χ3v) is 4.72. The average Bonchev–Trinajstić information content (AvgIpc) is 3.03. The van der Waals surface area contributed by atoms with Crippen LogP contribution in [0.25, 0.3) is 0 Å². The van der Waals surface area contributed by atoms with E-state index >= 15 is 0 Å². The van der Waals surface area contributed by atoms with Crippen molar-refractivity contribution in [3.63, 3.8) is 0 Å². The number of carbonyl (C=O) groups excluding carboxylic acids is 1. The number of hydrogen-bond acceptors (Lipinski definition) is 4. The number of carbonyl (C=O) groups is 1. The number of likely N-dealkylation sites (tertiary alicyclic amines) is 1. The first-order valence-electron chi connectivity index (χ1n) is 8.81. The fourth-order valence-corrected chi connectivity index (χ4v) is 3.33. The Morgan fingerprint density at radius 2 is 2.08 bits per heavy atom. The van der Waals surface area contributed by atoms with Gasteiger partial charge in [0.15, 0.2) is 5.60 Å². The third kappa shape index (κ3) is 4.46. The maximum atomic E-state index is 12.7. The van der Waals surface area contributed by atoms with E-state index in [-0.39, 0.29) is 12.5 Å². The monoisotopic (exact) mass is 342 g/mol. The van der Waals surface area contributed by atoms with Gasteiger partial charge in [0.25, 0.3) is 5.91 Å². The summed E-state index contributed by atoms with van der Waals surface area (Å²) in [6.45, 7) is 2.22. The number of benzene rings is 1. The molecule has 1 unspecified atom stereocenters. The van der Waals surface area contributed by atoms with Gasteiger partial charge in [-0.1, -0.05) is 30.3 Å². The smallest absolute Gasteiger partial charge is 0.255 e. The number of piperidine rings is 1. The van der Waals surface area contributed by atoms with E-state index in [1.165, 1.54) is 5.56 Å². The molecule has 1 atom stereocenters. The molecule has 1 amide bonds. The fourth-order valence-electron chi connectivity index (χ4n) is 3.33. The lowest BCUT2D eigenvalue weighted by atomic mass is 9.91. The van der Waals surface area contributed by atoms with E-state index in [1.54, 1.807) is 15.8 Å². The van der Waals surface area contributed by atoms with Crippen LogP contribution in [-0.4, -0.2) is 50.9 Å². The molecule has 2 heterocycles. The fraction of sp³-hybridized carbons (Fsp3) is 0.474. The lowest BCUT2D eigenvalue weighted by Gasteiger charge is -2.38. The van der Waals surface area contributed by atoms with Crippen LogP contribution >= 0.6 is 0 Å². The molecule has 0 bridgehead atoms. The number of amides is 1. The van der Waals surface area contributed by atoms with E-state index in [1.807, 2.05) is 31.4 Å². The van der Waals surface area contributed by atoms with Gasteiger partial charge in [-0.05, 0) is 24.8 Å². The van der Waals surface area contributed by atoms with E-state index in [0.717, 1.165) is 24.9 Å². The van der Waals surface area contributed by atoms with Gasteiger partial charge in [-0.15, -0.1) is 0 Å². The van der Waals surface area contributed by atoms with Crippen molar-refractivity contribution in [3.05, 3.63) is 53.9 Å². The highest BCUT2D eigenvalue weighted by atomic mass is 16.3. The van der Waals surface area contributed by atoms with Gasteiger partial charge in [-0.3, -0.25) is 9.48 Å². The SMILES string of the molecule is Cn1cc(CNCC2(O)CCCN(CCc3ccccc3)C2=O)cn1. The molecule has 25 heavy (non-hydrogen) atoms. The lowest BCUT2D eigenvalue weighted by Crippen LogP contribution is -2.58. The van der Waals surface area contributed by atoms with Gasteiger partial charge in [0, 0.05) is 45.0 Å². The molecule has 1 aromatic carbocycles. The van der Waals surface area contributed by atoms with Crippen molar-refractivity contribution in [2.24, 2.45) is 7.05 Å². The molecule has 0 radical (unpaired) electrons. The molecular weight excluding hydrogens is 316 g/mol. The molecule has 1 aliphatic heterocycles. The maximum Gasteiger partial charge on any atom is 0.255 e. The molecule has 6 heteroatoms. The summed E-state index contributed by atoms with van der Waals surface area (Å²) < 4.78 is 1.74. The molecule has 0 spiro atoms. The van der Waals surface area contributed by atoms with E-state index < -0.39 is 5.60 Å². The zero-order valence-electron chi connectivity index (χ0n) is 14.7. The molecule has 2 aromatic rings. The summed E-state index contributed by atoms with van der Waals surface area (Å²) in [5.74, 6) is -0.159. The highest BCUT2D eigenvalue weighted by molar-refractivity contribution is 5.86. The van der Waals surface area contributed by atoms with Gasteiger partial charge < -0.3 is 15.3 Å². The summed E-state index contributed by atoms with van der Waals surface area (Å²) in [5.41, 5.74) is 0.936. The van der Waals surface area contributed by atoms with Gasteiger partial charge in [0.05, 0.1) is 6.20 Å². The van der Waals surface area contributed by atoms with Crippen LogP contribution in [0, 0.1) is 0 Å². The molecule has 1 fully saturated rings. The van der Waals surface area contributed by atoms with Gasteiger partial charge in [0.2, 0.25) is 0 Å². The van der Waals surface area contributed by atoms with Gasteiger partial charge in [0.1, 0.15) is 0 Å². The van der Waals surface area contributed by atoms with Gasteiger partial charge in [-0.2, -0.15) is 5.10 Å². The Morgan fingerprint density at radius 3 is 2.80 bits per heavy atom. The number of aliphatic hydroxyl groups is 1. The Bertz CT molecular complexity index is 700. The van der Waals surface area contributed by atoms with E-state index in [2.05, 4.69) is 22.5 Å². The second kappa shape index (κ2) is 7.80. The molecule has 1 aromatic heterocycles. The summed E-state index contributed by atoms with van der Waals surface area (Å²) in [7, 11) is 1.87. The van der Waals surface area contributed by atoms with Gasteiger partial charge in [-0.25, -0.2) is 0 Å². The van der Waals surface area contributed by atoms with Crippen LogP contribution in [0.5, 0.6) is 0 Å². The van der Waals surface area contributed by atoms with Crippen molar-refractivity contribution in [3.8, 4) is 0 Å². The van der Waals surface area contributed by atoms with E-state index in [4.69, 9.17) is 0 Å². The minimum Gasteiger partial charge on any atom is -0.379 e. The van der Waals surface area contributed by atoms with E-state index in [0.29, 0.717) is 19.5 Å². The Kier molecular flexibility index (Phi) is 5.50. The number of aromatic nitrogens is 2. The average molecular weight is 342 g/mol. The molecule has 1 saturated heterocycles. The zero-order chi connectivity index (χ0) is 17.7. The summed E-state index contributed by atoms with van der Waals surface area (Å²) in [6, 6.07) is 10.1. The van der Waals surface area contributed by atoms with Crippen LogP contribution in [0.3, 0.4) is 0 Å². The number of aryl methyl sites for hydroxylation is 1. The number of nitrogens with zero attached hydrogens (tertiary/aromatic N) is 3. The maximum absolute atomic E-state index is 12.7. The van der Waals surface area contributed by atoms with Crippen LogP contribution in [-0.2, 0) is 24.8 Å². The first kappa shape index (κ1) is 17.6. The molecular formula is C19H26N4O2. The minimum atomic E-state index is -1.31. The van der Waals surface area contributed by atoms with Crippen molar-refractivity contribution in [1.82, 2.24) is 20.0 Å². The van der Waals surface area contributed by atoms with Crippen molar-refractivity contribution >= 4 is 5.91 Å². The highest BCUT2D eigenvalue weighted by Gasteiger charge is 2.41. The summed E-state index contributed by atoms with van der Waals surface area (Å²) in [6.07, 6.45) is 5.85. The van der Waals surface area contributed by atoms with Crippen LogP contribution in [0.4, 0.5) is 0 Å². The van der Waals surface area contributed by atoms with Crippen molar-refractivity contribution in [2.45, 2.75) is 31.4 Å². The summed E-state index contributed by atoms with van der Waals surface area (Å²) in [5, 5.41) is 18.1. The van der Waals surface area contributed by atoms with Crippen molar-refractivity contribution in [1.29, 1.82) is 0 Å². The van der Waals surface area contributed by atoms with Gasteiger partial charge >= 0.3 is 0 Å². The first-order valence-corrected chi connectivity index (χ1v) is 8.81. The van der Waals surface area contributed by atoms with Crippen LogP contribution in [0.15, 0.2) is 42.7 Å². The Labute approximate surface area is 148 Å². The second-order valence-electron chi connectivity index (χ2n) is 6.79. The second-order valence-corrected chi connectivity index (χ2v) is 6.79. The van der Waals surface area contributed by atoms with E-state index in [9.17, 15) is 9.90 Å². The van der Waals surface area contributed by atoms with Crippen LogP contribution < -0.4 is 5.32 Å². The minimum absolute atomic E-state index is 0.159. The molecule has 134 valence electrons. The predicted molar refractivity (Wildman–Crippen MR) is 95.8 cm³/mol. The molecule has 1 aliphatic rings. The quantitative estimate of drug-likeness (QED) is 0.791.